The van der Waals surface area contributed by atoms with Crippen LogP contribution < -0.4 is 3.27 Å². The Morgan fingerprint density at radius 1 is 0.562 bits per heavy atom. The summed E-state index contributed by atoms with van der Waals surface area (Å²) in [7, 11) is 0. The summed E-state index contributed by atoms with van der Waals surface area (Å²) >= 11 is -4.97. The Morgan fingerprint density at radius 2 is 1.06 bits per heavy atom. The molecule has 0 aliphatic heterocycles. The molecule has 0 amide bonds. The van der Waals surface area contributed by atoms with E-state index in [2.05, 4.69) is 178 Å². The van der Waals surface area contributed by atoms with Crippen LogP contribution in [0.4, 0.5) is 0 Å². The fourth-order valence-corrected chi connectivity index (χ4v) is 31.1. The van der Waals surface area contributed by atoms with Crippen molar-refractivity contribution in [3.8, 4) is 11.1 Å². The van der Waals surface area contributed by atoms with Crippen LogP contribution in [0.3, 0.4) is 0 Å². The molecule has 2 aliphatic rings. The van der Waals surface area contributed by atoms with E-state index in [0.29, 0.717) is 0 Å². The third-order valence-corrected chi connectivity index (χ3v) is 36.0. The molecule has 254 valence electrons. The number of benzene rings is 4. The normalized spacial score (nSPS) is 14.9. The van der Waals surface area contributed by atoms with Crippen LogP contribution >= 0.6 is 24.8 Å². The molecule has 0 spiro atoms. The summed E-state index contributed by atoms with van der Waals surface area (Å²) in [5.74, 6) is 0. The first-order valence-electron chi connectivity index (χ1n) is 17.2. The molecule has 0 aromatic heterocycles. The average Bonchev–Trinajstić information content (AvgIpc) is 3.69. The van der Waals surface area contributed by atoms with Gasteiger partial charge in [-0.25, -0.2) is 0 Å². The van der Waals surface area contributed by atoms with E-state index in [9.17, 15) is 0 Å². The zero-order valence-electron chi connectivity index (χ0n) is 30.8. The molecule has 0 nitrogen and oxygen atoms in total. The molecule has 4 aromatic carbocycles. The van der Waals surface area contributed by atoms with Crippen LogP contribution in [-0.4, -0.2) is 4.21 Å². The zero-order chi connectivity index (χ0) is 33.4. The molecule has 48 heavy (non-hydrogen) atoms. The van der Waals surface area contributed by atoms with Gasteiger partial charge in [-0.05, 0) is 0 Å². The monoisotopic (exact) mass is 756 g/mol. The van der Waals surface area contributed by atoms with Crippen molar-refractivity contribution >= 4 is 32.3 Å². The van der Waals surface area contributed by atoms with Gasteiger partial charge in [0.2, 0.25) is 0 Å². The van der Waals surface area contributed by atoms with Crippen LogP contribution in [0.25, 0.3) is 11.1 Å². The van der Waals surface area contributed by atoms with Crippen LogP contribution in [0.15, 0.2) is 113 Å². The predicted octanol–water partition coefficient (Wildman–Crippen LogP) is 12.2. The van der Waals surface area contributed by atoms with Crippen LogP contribution in [0, 0.1) is 0 Å². The molecule has 0 fully saturated rings. The minimum absolute atomic E-state index is 0. The molecule has 0 unspecified atom stereocenters. The molecule has 0 bridgehead atoms. The predicted molar refractivity (Wildman–Crippen MR) is 214 cm³/mol. The Balaban J connectivity index is 0.00000260. The molecule has 6 rings (SSSR count). The summed E-state index contributed by atoms with van der Waals surface area (Å²) in [6.07, 6.45) is 9.12. The molecule has 0 radical (unpaired) electrons. The van der Waals surface area contributed by atoms with Gasteiger partial charge in [0.15, 0.2) is 0 Å². The van der Waals surface area contributed by atoms with Gasteiger partial charge in [0, 0.05) is 0 Å². The maximum absolute atomic E-state index is 5.97. The molecule has 0 N–H and O–H groups in total. The average molecular weight is 759 g/mol. The van der Waals surface area contributed by atoms with E-state index in [4.69, 9.17) is 4.21 Å². The first-order chi connectivity index (χ1) is 21.4. The fraction of sp³-hybridized carbons (Fsp3) is 0.356. The molecule has 0 saturated carbocycles. The van der Waals surface area contributed by atoms with E-state index in [1.165, 1.54) is 44.5 Å². The third kappa shape index (κ3) is 5.38. The van der Waals surface area contributed by atoms with Crippen molar-refractivity contribution in [3.05, 3.63) is 146 Å². The van der Waals surface area contributed by atoms with Crippen molar-refractivity contribution in [2.24, 2.45) is 0 Å². The van der Waals surface area contributed by atoms with E-state index in [0.717, 1.165) is 12.8 Å². The van der Waals surface area contributed by atoms with Gasteiger partial charge >= 0.3 is 282 Å². The minimum atomic E-state index is -4.97. The summed E-state index contributed by atoms with van der Waals surface area (Å²) in [5.41, 5.74) is 11.5. The molecule has 0 saturated heterocycles. The van der Waals surface area contributed by atoms with E-state index < -0.39 is 18.3 Å². The van der Waals surface area contributed by atoms with Gasteiger partial charge < -0.3 is 0 Å². The van der Waals surface area contributed by atoms with Crippen LogP contribution in [-0.2, 0) is 41.8 Å². The van der Waals surface area contributed by atoms with Gasteiger partial charge in [0.25, 0.3) is 0 Å². The van der Waals surface area contributed by atoms with Gasteiger partial charge in [-0.15, -0.1) is 24.8 Å². The number of rotatable bonds is 6. The maximum atomic E-state index is 5.97. The molecule has 3 heteroatoms. The molecular weight excluding hydrogens is 703 g/mol. The number of fused-ring (bicyclic) bond motifs is 3. The zero-order valence-corrected chi connectivity index (χ0v) is 34.9. The van der Waals surface area contributed by atoms with Crippen molar-refractivity contribution < 1.29 is 18.3 Å². The van der Waals surface area contributed by atoms with Gasteiger partial charge in [-0.3, -0.25) is 0 Å². The standard InChI is InChI=1S/C21H25.2C9H11.C5H5.CH2.2ClH.Zr/c1-20(2,3)16-9-7-14-11-15-8-10-17(21(4,5)6)13-19(15)18(14)12-16;2*1-8(2)9-6-4-3-5-7-9;1-2-4-5-3-1;;;;/h7,9-10,12-13H,11H2,1-6H3;2*3-7H,1-2H3;1-3H,4H2;1H2;2*1H;. The van der Waals surface area contributed by atoms with Crippen LogP contribution in [0.1, 0.15) is 109 Å². The second kappa shape index (κ2) is 12.8. The summed E-state index contributed by atoms with van der Waals surface area (Å²) in [5, 5.41) is 0. The van der Waals surface area contributed by atoms with Gasteiger partial charge in [-0.2, -0.15) is 0 Å². The Morgan fingerprint density at radius 3 is 1.52 bits per heavy atom. The number of hydrogen-bond acceptors (Lipinski definition) is 0. The Kier molecular flexibility index (Phi) is 10.3. The first-order valence-corrected chi connectivity index (χ1v) is 23.9. The second-order valence-corrected chi connectivity index (χ2v) is 33.6. The quantitative estimate of drug-likeness (QED) is 0.162. The van der Waals surface area contributed by atoms with Crippen molar-refractivity contribution in [1.29, 1.82) is 0 Å². The second-order valence-electron chi connectivity index (χ2n) is 17.4. The molecule has 2 aliphatic carbocycles. The van der Waals surface area contributed by atoms with Gasteiger partial charge in [0.1, 0.15) is 0 Å². The van der Waals surface area contributed by atoms with E-state index in [-0.39, 0.29) is 41.9 Å². The van der Waals surface area contributed by atoms with E-state index >= 15 is 0 Å². The SMILES string of the molecule is Cl.Cl.[CH2]=[Zr]([C]1=CC=CC1)([c]1cc(C(C)(C)C)cc2c1Cc1ccc(C(C)(C)C)cc1-2)([C](C)(C)c1ccccc1)[C](C)(C)c1ccccc1. The topological polar surface area (TPSA) is 0 Å². The Bertz CT molecular complexity index is 1890. The van der Waals surface area contributed by atoms with Crippen molar-refractivity contribution in [3.63, 3.8) is 0 Å². The van der Waals surface area contributed by atoms with E-state index in [1.54, 1.807) is 6.55 Å². The third-order valence-electron chi connectivity index (χ3n) is 12.6. The van der Waals surface area contributed by atoms with Gasteiger partial charge in [0.05, 0.1) is 0 Å². The Labute approximate surface area is 304 Å². The summed E-state index contributed by atoms with van der Waals surface area (Å²) in [6, 6.07) is 35.3. The molecule has 4 aromatic rings. The fourth-order valence-electron chi connectivity index (χ4n) is 9.30. The number of hydrogen-bond donors (Lipinski definition) is 0. The van der Waals surface area contributed by atoms with Crippen LogP contribution in [0.5, 0.6) is 0 Å². The molecule has 0 atom stereocenters. The summed E-state index contributed by atoms with van der Waals surface area (Å²) in [6.45, 7) is 24.4. The molecule has 0 heterocycles. The Hall–Kier alpha value is -2.31. The first kappa shape index (κ1) is 38.5. The van der Waals surface area contributed by atoms with E-state index in [1.807, 2.05) is 0 Å². The summed E-state index contributed by atoms with van der Waals surface area (Å²) in [4.78, 5) is 0. The van der Waals surface area contributed by atoms with Crippen LogP contribution in [0.2, 0.25) is 0 Å². The molecular formula is C45H56Cl2Zr. The van der Waals surface area contributed by atoms with Crippen molar-refractivity contribution in [1.82, 2.24) is 0 Å². The van der Waals surface area contributed by atoms with Crippen molar-refractivity contribution in [2.75, 3.05) is 0 Å². The van der Waals surface area contributed by atoms with Crippen molar-refractivity contribution in [2.45, 2.75) is 99.2 Å². The number of halogens is 2. The van der Waals surface area contributed by atoms with Gasteiger partial charge in [-0.1, -0.05) is 0 Å². The summed E-state index contributed by atoms with van der Waals surface area (Å²) < 4.78 is 8.71. The number of allylic oxidation sites excluding steroid dienone is 4.